The van der Waals surface area contributed by atoms with Gasteiger partial charge >= 0.3 is 0 Å². The van der Waals surface area contributed by atoms with Gasteiger partial charge < -0.3 is 10.4 Å². The van der Waals surface area contributed by atoms with E-state index in [2.05, 4.69) is 20.4 Å². The average molecular weight is 441 g/mol. The number of hydrogen-bond acceptors (Lipinski definition) is 6. The molecule has 3 heterocycles. The Morgan fingerprint density at radius 2 is 2.06 bits per heavy atom. The van der Waals surface area contributed by atoms with E-state index in [1.807, 2.05) is 6.92 Å². The Bertz CT molecular complexity index is 1260. The van der Waals surface area contributed by atoms with Crippen molar-refractivity contribution in [2.24, 2.45) is 0 Å². The minimum absolute atomic E-state index is 0.217. The van der Waals surface area contributed by atoms with Crippen LogP contribution >= 0.6 is 0 Å². The summed E-state index contributed by atoms with van der Waals surface area (Å²) in [5.74, 6) is -0.325. The number of halogens is 1. The van der Waals surface area contributed by atoms with Crippen LogP contribution in [0.25, 0.3) is 22.3 Å². The quantitative estimate of drug-likeness (QED) is 0.427. The van der Waals surface area contributed by atoms with Gasteiger partial charge in [-0.2, -0.15) is 5.10 Å². The van der Waals surface area contributed by atoms with Gasteiger partial charge in [0.2, 0.25) is 0 Å². The standard InChI is InChI=1S/C21H21FN6O2S/c1-3-18(19-11-27(13-24-19)31(2)30)26-20(12-29)16-8-23-10-21-17(16)9-25-28(21)15-6-4-14(22)5-7-15/h4-13,18,26,29H,3H2,1-2H3/b20-12-. The number of imidazole rings is 1. The first-order chi connectivity index (χ1) is 15.0. The average Bonchev–Trinajstić information content (AvgIpc) is 3.43. The van der Waals surface area contributed by atoms with E-state index in [1.54, 1.807) is 47.9 Å². The summed E-state index contributed by atoms with van der Waals surface area (Å²) in [4.78, 5) is 8.64. The molecule has 0 bridgehead atoms. The minimum atomic E-state index is -1.19. The zero-order valence-electron chi connectivity index (χ0n) is 16.9. The smallest absolute Gasteiger partial charge is 0.123 e. The summed E-state index contributed by atoms with van der Waals surface area (Å²) >= 11 is 0. The van der Waals surface area contributed by atoms with E-state index < -0.39 is 11.0 Å². The van der Waals surface area contributed by atoms with Crippen LogP contribution in [0.1, 0.15) is 30.6 Å². The molecular formula is C21H21FN6O2S. The summed E-state index contributed by atoms with van der Waals surface area (Å²) in [7, 11) is -1.19. The number of fused-ring (bicyclic) bond motifs is 1. The molecule has 0 spiro atoms. The molecular weight excluding hydrogens is 419 g/mol. The van der Waals surface area contributed by atoms with Crippen LogP contribution in [0.5, 0.6) is 0 Å². The number of benzene rings is 1. The molecule has 0 saturated heterocycles. The monoisotopic (exact) mass is 440 g/mol. The van der Waals surface area contributed by atoms with E-state index in [0.29, 0.717) is 34.6 Å². The Hall–Kier alpha value is -3.53. The maximum Gasteiger partial charge on any atom is 0.123 e. The van der Waals surface area contributed by atoms with Crippen molar-refractivity contribution >= 4 is 27.6 Å². The second-order valence-corrected chi connectivity index (χ2v) is 8.15. The van der Waals surface area contributed by atoms with Crippen molar-refractivity contribution in [2.45, 2.75) is 19.4 Å². The maximum atomic E-state index is 13.3. The van der Waals surface area contributed by atoms with Gasteiger partial charge in [0.1, 0.15) is 29.4 Å². The zero-order chi connectivity index (χ0) is 22.0. The molecule has 2 unspecified atom stereocenters. The zero-order valence-corrected chi connectivity index (χ0v) is 17.8. The summed E-state index contributed by atoms with van der Waals surface area (Å²) in [6.07, 6.45) is 11.5. The van der Waals surface area contributed by atoms with Crippen LogP contribution in [-0.4, -0.2) is 39.3 Å². The largest absolute Gasteiger partial charge is 0.513 e. The molecule has 10 heteroatoms. The third-order valence-electron chi connectivity index (χ3n) is 4.96. The lowest BCUT2D eigenvalue weighted by molar-refractivity contribution is 0.468. The third-order valence-corrected chi connectivity index (χ3v) is 5.75. The number of nitrogens with one attached hydrogen (secondary N) is 1. The van der Waals surface area contributed by atoms with E-state index in [0.717, 1.165) is 11.6 Å². The van der Waals surface area contributed by atoms with Crippen molar-refractivity contribution in [1.82, 2.24) is 29.0 Å². The highest BCUT2D eigenvalue weighted by atomic mass is 32.2. The second-order valence-electron chi connectivity index (χ2n) is 6.88. The van der Waals surface area contributed by atoms with Gasteiger partial charge in [0.15, 0.2) is 0 Å². The van der Waals surface area contributed by atoms with Gasteiger partial charge in [-0.25, -0.2) is 18.3 Å². The van der Waals surface area contributed by atoms with Gasteiger partial charge in [-0.1, -0.05) is 6.92 Å². The van der Waals surface area contributed by atoms with Crippen LogP contribution in [0.15, 0.2) is 61.6 Å². The van der Waals surface area contributed by atoms with Crippen LogP contribution in [-0.2, 0) is 11.0 Å². The molecule has 4 rings (SSSR count). The van der Waals surface area contributed by atoms with E-state index in [9.17, 15) is 13.7 Å². The summed E-state index contributed by atoms with van der Waals surface area (Å²) in [6, 6.07) is 5.79. The minimum Gasteiger partial charge on any atom is -0.513 e. The van der Waals surface area contributed by atoms with Crippen molar-refractivity contribution in [3.8, 4) is 5.69 Å². The fourth-order valence-electron chi connectivity index (χ4n) is 3.34. The molecule has 0 radical (unpaired) electrons. The normalized spacial score (nSPS) is 14.0. The first-order valence-corrected chi connectivity index (χ1v) is 11.1. The summed E-state index contributed by atoms with van der Waals surface area (Å²) in [5, 5.41) is 18.5. The predicted molar refractivity (Wildman–Crippen MR) is 117 cm³/mol. The van der Waals surface area contributed by atoms with Gasteiger partial charge in [-0.05, 0) is 30.7 Å². The highest BCUT2D eigenvalue weighted by Gasteiger charge is 2.18. The van der Waals surface area contributed by atoms with Crippen LogP contribution < -0.4 is 5.32 Å². The molecule has 2 atom stereocenters. The highest BCUT2D eigenvalue weighted by molar-refractivity contribution is 7.82. The van der Waals surface area contributed by atoms with E-state index in [1.165, 1.54) is 22.4 Å². The van der Waals surface area contributed by atoms with Gasteiger partial charge in [0.25, 0.3) is 0 Å². The lowest BCUT2D eigenvalue weighted by atomic mass is 10.1. The molecule has 3 aromatic heterocycles. The first-order valence-electron chi connectivity index (χ1n) is 9.58. The topological polar surface area (TPSA) is 97.9 Å². The molecule has 160 valence electrons. The summed E-state index contributed by atoms with van der Waals surface area (Å²) in [5.41, 5.74) is 3.23. The summed E-state index contributed by atoms with van der Waals surface area (Å²) in [6.45, 7) is 1.99. The third kappa shape index (κ3) is 4.06. The number of aromatic nitrogens is 5. The number of pyridine rings is 1. The number of aliphatic hydroxyl groups excluding tert-OH is 1. The molecule has 31 heavy (non-hydrogen) atoms. The lowest BCUT2D eigenvalue weighted by Gasteiger charge is -2.18. The number of aliphatic hydroxyl groups is 1. The van der Waals surface area contributed by atoms with Crippen molar-refractivity contribution in [2.75, 3.05) is 6.26 Å². The molecule has 0 aliphatic rings. The second kappa shape index (κ2) is 8.68. The van der Waals surface area contributed by atoms with Crippen LogP contribution in [0, 0.1) is 5.82 Å². The molecule has 0 amide bonds. The molecule has 8 nitrogen and oxygen atoms in total. The number of hydrogen-bond donors (Lipinski definition) is 2. The van der Waals surface area contributed by atoms with Gasteiger partial charge in [0.05, 0.1) is 41.0 Å². The summed E-state index contributed by atoms with van der Waals surface area (Å²) < 4.78 is 28.2. The Labute approximate surface area is 180 Å². The first kappa shape index (κ1) is 20.7. The Kier molecular flexibility index (Phi) is 5.81. The molecule has 4 aromatic rings. The predicted octanol–water partition coefficient (Wildman–Crippen LogP) is 3.50. The Balaban J connectivity index is 1.69. The number of nitrogens with zero attached hydrogens (tertiary/aromatic N) is 5. The fraction of sp³-hybridized carbons (Fsp3) is 0.190. The Morgan fingerprint density at radius 1 is 1.29 bits per heavy atom. The molecule has 1 aromatic carbocycles. The molecule has 0 saturated carbocycles. The van der Waals surface area contributed by atoms with Gasteiger partial charge in [-0.15, -0.1) is 0 Å². The SMILES string of the molecule is CCC(N/C(=C\O)c1cncc2c1cnn2-c1ccc(F)cc1)c1cn(S(C)=O)cn1. The van der Waals surface area contributed by atoms with Crippen LogP contribution in [0.2, 0.25) is 0 Å². The maximum absolute atomic E-state index is 13.3. The van der Waals surface area contributed by atoms with E-state index in [4.69, 9.17) is 0 Å². The highest BCUT2D eigenvalue weighted by Crippen LogP contribution is 2.27. The lowest BCUT2D eigenvalue weighted by Crippen LogP contribution is -2.20. The van der Waals surface area contributed by atoms with Crippen molar-refractivity contribution in [1.29, 1.82) is 0 Å². The van der Waals surface area contributed by atoms with Crippen LogP contribution in [0.4, 0.5) is 4.39 Å². The van der Waals surface area contributed by atoms with Crippen molar-refractivity contribution < 1.29 is 13.7 Å². The van der Waals surface area contributed by atoms with Crippen molar-refractivity contribution in [3.63, 3.8) is 0 Å². The number of rotatable bonds is 7. The molecule has 0 aliphatic carbocycles. The molecule has 2 N–H and O–H groups in total. The van der Waals surface area contributed by atoms with E-state index >= 15 is 0 Å². The fourth-order valence-corrected chi connectivity index (χ4v) is 3.78. The van der Waals surface area contributed by atoms with Gasteiger partial charge in [0, 0.05) is 29.6 Å². The Morgan fingerprint density at radius 3 is 2.71 bits per heavy atom. The van der Waals surface area contributed by atoms with Crippen LogP contribution in [0.3, 0.4) is 0 Å². The molecule has 0 fully saturated rings. The molecule has 0 aliphatic heterocycles. The van der Waals surface area contributed by atoms with Gasteiger partial charge in [-0.3, -0.25) is 8.96 Å². The van der Waals surface area contributed by atoms with Crippen molar-refractivity contribution in [3.05, 3.63) is 78.7 Å². The van der Waals surface area contributed by atoms with E-state index in [-0.39, 0.29) is 11.9 Å².